The van der Waals surface area contributed by atoms with Crippen LogP contribution in [0, 0.1) is 5.41 Å². The average molecular weight is 204 g/mol. The van der Waals surface area contributed by atoms with Gasteiger partial charge in [0.05, 0.1) is 0 Å². The minimum absolute atomic E-state index is 0. The van der Waals surface area contributed by atoms with Crippen molar-refractivity contribution in [2.45, 2.75) is 6.61 Å². The molecule has 0 radical (unpaired) electrons. The van der Waals surface area contributed by atoms with Gasteiger partial charge in [-0.1, -0.05) is 11.6 Å². The lowest BCUT2D eigenvalue weighted by Gasteiger charge is -1.93. The summed E-state index contributed by atoms with van der Waals surface area (Å²) in [6.07, 6.45) is 0. The number of fused-ring (bicyclic) bond motifs is 1. The van der Waals surface area contributed by atoms with E-state index in [9.17, 15) is 0 Å². The molecule has 0 aliphatic carbocycles. The van der Waals surface area contributed by atoms with E-state index in [-0.39, 0.29) is 18.3 Å². The lowest BCUT2D eigenvalue weighted by atomic mass is 10.1. The molecule has 2 rings (SSSR count). The van der Waals surface area contributed by atoms with Gasteiger partial charge in [-0.05, 0) is 18.2 Å². The largest absolute Gasteiger partial charge is 0.473 e. The van der Waals surface area contributed by atoms with Crippen molar-refractivity contribution >= 4 is 29.9 Å². The molecule has 1 N–H and O–H groups in total. The van der Waals surface area contributed by atoms with Gasteiger partial charge in [0.15, 0.2) is 0 Å². The van der Waals surface area contributed by atoms with Crippen LogP contribution in [0.2, 0.25) is 5.02 Å². The summed E-state index contributed by atoms with van der Waals surface area (Å²) in [4.78, 5) is 0. The highest BCUT2D eigenvalue weighted by Gasteiger charge is 2.16. The number of hydrogen-bond acceptors (Lipinski definition) is 2. The Bertz CT molecular complexity index is 325. The maximum atomic E-state index is 7.34. The Hall–Kier alpha value is -0.730. The van der Waals surface area contributed by atoms with Gasteiger partial charge in [-0.2, -0.15) is 0 Å². The van der Waals surface area contributed by atoms with Crippen LogP contribution >= 0.6 is 24.0 Å². The highest BCUT2D eigenvalue weighted by molar-refractivity contribution is 6.30. The van der Waals surface area contributed by atoms with E-state index >= 15 is 0 Å². The Kier molecular flexibility index (Phi) is 2.60. The molecule has 64 valence electrons. The maximum Gasteiger partial charge on any atom is 0.213 e. The summed E-state index contributed by atoms with van der Waals surface area (Å²) in [6, 6.07) is 5.41. The SMILES string of the molecule is Cl.N=C1OCc2cc(Cl)ccc21. The van der Waals surface area contributed by atoms with E-state index in [1.54, 1.807) is 6.07 Å². The van der Waals surface area contributed by atoms with E-state index in [1.807, 2.05) is 12.1 Å². The Balaban J connectivity index is 0.000000720. The molecular formula is C8H7Cl2NO. The average Bonchev–Trinajstić information content (AvgIpc) is 2.32. The van der Waals surface area contributed by atoms with Gasteiger partial charge in [-0.25, -0.2) is 0 Å². The first kappa shape index (κ1) is 9.36. The number of hydrogen-bond donors (Lipinski definition) is 1. The van der Waals surface area contributed by atoms with Crippen molar-refractivity contribution in [2.24, 2.45) is 0 Å². The fourth-order valence-corrected chi connectivity index (χ4v) is 1.33. The van der Waals surface area contributed by atoms with Gasteiger partial charge in [-0.3, -0.25) is 5.41 Å². The van der Waals surface area contributed by atoms with Crippen LogP contribution in [0.3, 0.4) is 0 Å². The van der Waals surface area contributed by atoms with Crippen LogP contribution in [-0.2, 0) is 11.3 Å². The number of nitrogens with one attached hydrogen (secondary N) is 1. The molecule has 0 amide bonds. The molecule has 0 aromatic heterocycles. The highest BCUT2D eigenvalue weighted by Crippen LogP contribution is 2.22. The van der Waals surface area contributed by atoms with Gasteiger partial charge in [0, 0.05) is 16.1 Å². The number of halogens is 2. The van der Waals surface area contributed by atoms with Gasteiger partial charge in [-0.15, -0.1) is 12.4 Å². The second-order valence-electron chi connectivity index (χ2n) is 2.42. The third kappa shape index (κ3) is 1.40. The van der Waals surface area contributed by atoms with Gasteiger partial charge in [0.1, 0.15) is 6.61 Å². The normalized spacial score (nSPS) is 13.2. The summed E-state index contributed by atoms with van der Waals surface area (Å²) in [5.74, 6) is 0.247. The molecule has 0 saturated carbocycles. The van der Waals surface area contributed by atoms with Crippen LogP contribution in [0.25, 0.3) is 0 Å². The quantitative estimate of drug-likeness (QED) is 0.692. The Morgan fingerprint density at radius 2 is 2.17 bits per heavy atom. The lowest BCUT2D eigenvalue weighted by Crippen LogP contribution is -1.92. The Labute approximate surface area is 81.4 Å². The minimum Gasteiger partial charge on any atom is -0.473 e. The summed E-state index contributed by atoms with van der Waals surface area (Å²) in [5.41, 5.74) is 1.86. The highest BCUT2D eigenvalue weighted by atomic mass is 35.5. The zero-order chi connectivity index (χ0) is 7.84. The van der Waals surface area contributed by atoms with E-state index in [0.29, 0.717) is 11.6 Å². The van der Waals surface area contributed by atoms with E-state index in [4.69, 9.17) is 21.7 Å². The van der Waals surface area contributed by atoms with Crippen molar-refractivity contribution in [1.82, 2.24) is 0 Å². The van der Waals surface area contributed by atoms with Gasteiger partial charge >= 0.3 is 0 Å². The third-order valence-corrected chi connectivity index (χ3v) is 1.92. The molecule has 0 fully saturated rings. The summed E-state index contributed by atoms with van der Waals surface area (Å²) < 4.78 is 5.00. The van der Waals surface area contributed by atoms with Crippen molar-refractivity contribution in [2.75, 3.05) is 0 Å². The molecule has 0 spiro atoms. The summed E-state index contributed by atoms with van der Waals surface area (Å²) >= 11 is 5.75. The summed E-state index contributed by atoms with van der Waals surface area (Å²) in [6.45, 7) is 0.481. The van der Waals surface area contributed by atoms with Gasteiger partial charge in [0.2, 0.25) is 5.90 Å². The molecule has 2 nitrogen and oxygen atoms in total. The monoisotopic (exact) mass is 203 g/mol. The van der Waals surface area contributed by atoms with Crippen LogP contribution in [0.5, 0.6) is 0 Å². The van der Waals surface area contributed by atoms with Crippen molar-refractivity contribution in [3.63, 3.8) is 0 Å². The maximum absolute atomic E-state index is 7.34. The van der Waals surface area contributed by atoms with Crippen LogP contribution in [-0.4, -0.2) is 5.90 Å². The summed E-state index contributed by atoms with van der Waals surface area (Å²) in [7, 11) is 0. The van der Waals surface area contributed by atoms with Crippen molar-refractivity contribution in [1.29, 1.82) is 5.41 Å². The molecule has 0 atom stereocenters. The standard InChI is InChI=1S/C8H6ClNO.ClH/c9-6-1-2-7-5(3-6)4-11-8(7)10;/h1-3,10H,4H2;1H. The van der Waals surface area contributed by atoms with E-state index in [2.05, 4.69) is 0 Å². The van der Waals surface area contributed by atoms with Crippen molar-refractivity contribution in [3.8, 4) is 0 Å². The second-order valence-corrected chi connectivity index (χ2v) is 2.86. The molecule has 0 unspecified atom stereocenters. The topological polar surface area (TPSA) is 33.1 Å². The molecule has 1 aromatic rings. The molecule has 0 saturated heterocycles. The second kappa shape index (κ2) is 3.33. The van der Waals surface area contributed by atoms with E-state index in [0.717, 1.165) is 11.1 Å². The molecule has 1 heterocycles. The fraction of sp³-hybridized carbons (Fsp3) is 0.125. The van der Waals surface area contributed by atoms with Crippen molar-refractivity contribution in [3.05, 3.63) is 34.3 Å². The Morgan fingerprint density at radius 1 is 1.42 bits per heavy atom. The first-order chi connectivity index (χ1) is 5.27. The van der Waals surface area contributed by atoms with Crippen LogP contribution < -0.4 is 0 Å². The van der Waals surface area contributed by atoms with Crippen molar-refractivity contribution < 1.29 is 4.74 Å². The first-order valence-corrected chi connectivity index (χ1v) is 3.65. The van der Waals surface area contributed by atoms with Crippen LogP contribution in [0.4, 0.5) is 0 Å². The molecular weight excluding hydrogens is 197 g/mol. The molecule has 12 heavy (non-hydrogen) atoms. The predicted molar refractivity (Wildman–Crippen MR) is 50.3 cm³/mol. The molecule has 1 aromatic carbocycles. The molecule has 1 aliphatic rings. The zero-order valence-corrected chi connectivity index (χ0v) is 7.71. The smallest absolute Gasteiger partial charge is 0.213 e. The fourth-order valence-electron chi connectivity index (χ4n) is 1.13. The Morgan fingerprint density at radius 3 is 2.92 bits per heavy atom. The molecule has 4 heteroatoms. The molecule has 0 bridgehead atoms. The predicted octanol–water partition coefficient (Wildman–Crippen LogP) is 2.62. The van der Waals surface area contributed by atoms with Crippen LogP contribution in [0.15, 0.2) is 18.2 Å². The summed E-state index contributed by atoms with van der Waals surface area (Å²) in [5, 5.41) is 8.03. The number of ether oxygens (including phenoxy) is 1. The minimum atomic E-state index is 0. The first-order valence-electron chi connectivity index (χ1n) is 3.27. The third-order valence-electron chi connectivity index (χ3n) is 1.68. The zero-order valence-electron chi connectivity index (χ0n) is 6.13. The number of rotatable bonds is 0. The van der Waals surface area contributed by atoms with E-state index in [1.165, 1.54) is 0 Å². The lowest BCUT2D eigenvalue weighted by molar-refractivity contribution is 0.310. The van der Waals surface area contributed by atoms with Crippen LogP contribution in [0.1, 0.15) is 11.1 Å². The molecule has 1 aliphatic heterocycles. The van der Waals surface area contributed by atoms with Gasteiger partial charge < -0.3 is 4.74 Å². The number of benzene rings is 1. The van der Waals surface area contributed by atoms with Gasteiger partial charge in [0.25, 0.3) is 0 Å². The van der Waals surface area contributed by atoms with E-state index < -0.39 is 0 Å².